The van der Waals surface area contributed by atoms with Crippen LogP contribution in [0.15, 0.2) is 24.3 Å². The van der Waals surface area contributed by atoms with Crippen LogP contribution in [0.3, 0.4) is 0 Å². The van der Waals surface area contributed by atoms with Gasteiger partial charge in [-0.3, -0.25) is 9.59 Å². The highest BCUT2D eigenvalue weighted by molar-refractivity contribution is 5.98. The smallest absolute Gasteiger partial charge is 0.242 e. The SMILES string of the molecule is CCCC(C)(N)C(=O)N1CCC(C(=O)c2ccc(OC)cc2)CC1. The number of piperidine rings is 1. The summed E-state index contributed by atoms with van der Waals surface area (Å²) in [5, 5.41) is 0. The molecule has 1 amide bonds. The second-order valence-corrected chi connectivity index (χ2v) is 6.83. The van der Waals surface area contributed by atoms with Crippen LogP contribution in [0, 0.1) is 5.92 Å². The Morgan fingerprint density at radius 1 is 1.25 bits per heavy atom. The number of amides is 1. The number of ketones is 1. The maximum absolute atomic E-state index is 12.6. The van der Waals surface area contributed by atoms with Gasteiger partial charge in [-0.2, -0.15) is 0 Å². The van der Waals surface area contributed by atoms with E-state index in [1.807, 2.05) is 11.8 Å². The summed E-state index contributed by atoms with van der Waals surface area (Å²) in [6.07, 6.45) is 2.94. The molecule has 1 fully saturated rings. The van der Waals surface area contributed by atoms with Gasteiger partial charge in [-0.05, 0) is 50.5 Å². The van der Waals surface area contributed by atoms with E-state index in [-0.39, 0.29) is 17.6 Å². The average Bonchev–Trinajstić information content (AvgIpc) is 2.60. The zero-order chi connectivity index (χ0) is 17.7. The van der Waals surface area contributed by atoms with Crippen LogP contribution >= 0.6 is 0 Å². The number of carbonyl (C=O) groups is 2. The number of benzene rings is 1. The van der Waals surface area contributed by atoms with Crippen LogP contribution in [0.4, 0.5) is 0 Å². The van der Waals surface area contributed by atoms with Crippen LogP contribution in [0.1, 0.15) is 49.9 Å². The molecule has 2 N–H and O–H groups in total. The van der Waals surface area contributed by atoms with Crippen molar-refractivity contribution in [3.63, 3.8) is 0 Å². The molecule has 1 aromatic carbocycles. The van der Waals surface area contributed by atoms with Crippen LogP contribution in [-0.2, 0) is 4.79 Å². The van der Waals surface area contributed by atoms with Crippen molar-refractivity contribution >= 4 is 11.7 Å². The molecule has 1 aliphatic rings. The molecule has 1 aliphatic heterocycles. The number of carbonyl (C=O) groups excluding carboxylic acids is 2. The number of nitrogens with two attached hydrogens (primary N) is 1. The van der Waals surface area contributed by atoms with E-state index in [0.717, 1.165) is 12.2 Å². The summed E-state index contributed by atoms with van der Waals surface area (Å²) in [5.74, 6) is 0.858. The molecule has 0 saturated carbocycles. The van der Waals surface area contributed by atoms with Crippen LogP contribution < -0.4 is 10.5 Å². The van der Waals surface area contributed by atoms with Crippen LogP contribution in [-0.4, -0.2) is 42.3 Å². The maximum Gasteiger partial charge on any atom is 0.242 e. The van der Waals surface area contributed by atoms with Gasteiger partial charge in [0, 0.05) is 24.6 Å². The van der Waals surface area contributed by atoms with Crippen LogP contribution in [0.25, 0.3) is 0 Å². The predicted octanol–water partition coefficient (Wildman–Crippen LogP) is 2.63. The highest BCUT2D eigenvalue weighted by Gasteiger charge is 2.35. The lowest BCUT2D eigenvalue weighted by Crippen LogP contribution is -2.55. The molecule has 1 unspecified atom stereocenters. The molecular formula is C19H28N2O3. The number of methoxy groups -OCH3 is 1. The number of hydrogen-bond acceptors (Lipinski definition) is 4. The first-order chi connectivity index (χ1) is 11.4. The summed E-state index contributed by atoms with van der Waals surface area (Å²) in [4.78, 5) is 26.9. The van der Waals surface area contributed by atoms with E-state index in [2.05, 4.69) is 0 Å². The van der Waals surface area contributed by atoms with E-state index >= 15 is 0 Å². The third-order valence-corrected chi connectivity index (χ3v) is 4.79. The van der Waals surface area contributed by atoms with Gasteiger partial charge in [0.15, 0.2) is 5.78 Å². The molecule has 1 saturated heterocycles. The number of hydrogen-bond donors (Lipinski definition) is 1. The standard InChI is InChI=1S/C19H28N2O3/c1-4-11-19(2,20)18(23)21-12-9-15(10-13-21)17(22)14-5-7-16(24-3)8-6-14/h5-8,15H,4,9-13,20H2,1-3H3. The number of ether oxygens (including phenoxy) is 1. The molecule has 2 rings (SSSR count). The van der Waals surface area contributed by atoms with Gasteiger partial charge in [0.25, 0.3) is 0 Å². The summed E-state index contributed by atoms with van der Waals surface area (Å²) in [6.45, 7) is 5.02. The van der Waals surface area contributed by atoms with Gasteiger partial charge in [0.2, 0.25) is 5.91 Å². The fraction of sp³-hybridized carbons (Fsp3) is 0.579. The van der Waals surface area contributed by atoms with E-state index in [9.17, 15) is 9.59 Å². The third-order valence-electron chi connectivity index (χ3n) is 4.79. The van der Waals surface area contributed by atoms with E-state index in [1.54, 1.807) is 38.3 Å². The minimum absolute atomic E-state index is 0.000281. The molecule has 132 valence electrons. The van der Waals surface area contributed by atoms with Crippen molar-refractivity contribution in [1.29, 1.82) is 0 Å². The van der Waals surface area contributed by atoms with Crippen molar-refractivity contribution in [2.75, 3.05) is 20.2 Å². The van der Waals surface area contributed by atoms with Crippen LogP contribution in [0.2, 0.25) is 0 Å². The molecular weight excluding hydrogens is 304 g/mol. The molecule has 1 aromatic rings. The normalized spacial score (nSPS) is 18.1. The van der Waals surface area contributed by atoms with Gasteiger partial charge in [-0.15, -0.1) is 0 Å². The summed E-state index contributed by atoms with van der Waals surface area (Å²) in [6, 6.07) is 7.21. The Kier molecular flexibility index (Phi) is 5.99. The maximum atomic E-state index is 12.6. The number of likely N-dealkylation sites (tertiary alicyclic amines) is 1. The number of rotatable bonds is 6. The molecule has 1 atom stereocenters. The summed E-state index contributed by atoms with van der Waals surface area (Å²) in [5.41, 5.74) is 6.04. The molecule has 0 radical (unpaired) electrons. The van der Waals surface area contributed by atoms with E-state index in [0.29, 0.717) is 37.9 Å². The quantitative estimate of drug-likeness (QED) is 0.813. The van der Waals surface area contributed by atoms with Crippen LogP contribution in [0.5, 0.6) is 5.75 Å². The second kappa shape index (κ2) is 7.79. The topological polar surface area (TPSA) is 72.6 Å². The number of Topliss-reactive ketones (excluding diaryl/α,β-unsaturated/α-hetero) is 1. The Labute approximate surface area is 144 Å². The summed E-state index contributed by atoms with van der Waals surface area (Å²) < 4.78 is 5.12. The van der Waals surface area contributed by atoms with Crippen molar-refractivity contribution in [3.8, 4) is 5.75 Å². The molecule has 0 spiro atoms. The molecule has 0 aromatic heterocycles. The molecule has 24 heavy (non-hydrogen) atoms. The number of nitrogens with zero attached hydrogens (tertiary/aromatic N) is 1. The second-order valence-electron chi connectivity index (χ2n) is 6.83. The fourth-order valence-electron chi connectivity index (χ4n) is 3.32. The first-order valence-electron chi connectivity index (χ1n) is 8.65. The van der Waals surface area contributed by atoms with Gasteiger partial charge >= 0.3 is 0 Å². The summed E-state index contributed by atoms with van der Waals surface area (Å²) in [7, 11) is 1.60. The highest BCUT2D eigenvalue weighted by Crippen LogP contribution is 2.25. The first kappa shape index (κ1) is 18.5. The highest BCUT2D eigenvalue weighted by atomic mass is 16.5. The molecule has 0 aliphatic carbocycles. The van der Waals surface area contributed by atoms with Crippen molar-refractivity contribution < 1.29 is 14.3 Å². The molecule has 0 bridgehead atoms. The minimum Gasteiger partial charge on any atom is -0.497 e. The van der Waals surface area contributed by atoms with Gasteiger partial charge in [-0.25, -0.2) is 0 Å². The Balaban J connectivity index is 1.94. The Hall–Kier alpha value is -1.88. The van der Waals surface area contributed by atoms with E-state index < -0.39 is 5.54 Å². The monoisotopic (exact) mass is 332 g/mol. The predicted molar refractivity (Wildman–Crippen MR) is 94.1 cm³/mol. The Morgan fingerprint density at radius 2 is 1.83 bits per heavy atom. The Bertz CT molecular complexity index is 573. The van der Waals surface area contributed by atoms with Crippen molar-refractivity contribution in [2.45, 2.75) is 45.1 Å². The first-order valence-corrected chi connectivity index (χ1v) is 8.65. The van der Waals surface area contributed by atoms with Crippen molar-refractivity contribution in [3.05, 3.63) is 29.8 Å². The van der Waals surface area contributed by atoms with Crippen molar-refractivity contribution in [1.82, 2.24) is 4.90 Å². The minimum atomic E-state index is -0.804. The molecule has 1 heterocycles. The third kappa shape index (κ3) is 4.15. The summed E-state index contributed by atoms with van der Waals surface area (Å²) >= 11 is 0. The lowest BCUT2D eigenvalue weighted by Gasteiger charge is -2.36. The van der Waals surface area contributed by atoms with Gasteiger partial charge < -0.3 is 15.4 Å². The lowest BCUT2D eigenvalue weighted by molar-refractivity contribution is -0.138. The molecule has 5 heteroatoms. The molecule has 5 nitrogen and oxygen atoms in total. The zero-order valence-corrected chi connectivity index (χ0v) is 14.9. The lowest BCUT2D eigenvalue weighted by atomic mass is 9.87. The largest absolute Gasteiger partial charge is 0.497 e. The average molecular weight is 332 g/mol. The Morgan fingerprint density at radius 3 is 2.33 bits per heavy atom. The van der Waals surface area contributed by atoms with Gasteiger partial charge in [0.05, 0.1) is 12.6 Å². The van der Waals surface area contributed by atoms with E-state index in [1.165, 1.54) is 0 Å². The van der Waals surface area contributed by atoms with Gasteiger partial charge in [-0.1, -0.05) is 13.3 Å². The fourth-order valence-corrected chi connectivity index (χ4v) is 3.32. The zero-order valence-electron chi connectivity index (χ0n) is 14.9. The van der Waals surface area contributed by atoms with Crippen molar-refractivity contribution in [2.24, 2.45) is 11.7 Å². The van der Waals surface area contributed by atoms with E-state index in [4.69, 9.17) is 10.5 Å². The van der Waals surface area contributed by atoms with Gasteiger partial charge in [0.1, 0.15) is 5.75 Å².